The Morgan fingerprint density at radius 2 is 2.11 bits per heavy atom. The Hall–Kier alpha value is -2.14. The van der Waals surface area contributed by atoms with E-state index in [1.54, 1.807) is 6.26 Å². The highest BCUT2D eigenvalue weighted by molar-refractivity contribution is 5.91. The van der Waals surface area contributed by atoms with E-state index < -0.39 is 0 Å². The Morgan fingerprint density at radius 3 is 3.00 bits per heavy atom. The van der Waals surface area contributed by atoms with Gasteiger partial charge in [-0.05, 0) is 12.6 Å². The molecule has 0 saturated heterocycles. The molecule has 5 heteroatoms. The zero-order chi connectivity index (χ0) is 12.4. The molecule has 0 atom stereocenters. The summed E-state index contributed by atoms with van der Waals surface area (Å²) in [6, 6.07) is 7.77. The van der Waals surface area contributed by atoms with E-state index in [1.807, 2.05) is 31.2 Å². The standard InChI is InChI=1S/C13H13N3O2/c1-2-14-7-12-15-16-13(18-12)10-8-17-11-6-4-3-5-9(10)11/h3-6,8,14H,2,7H2,1H3. The smallest absolute Gasteiger partial charge is 0.251 e. The van der Waals surface area contributed by atoms with E-state index in [9.17, 15) is 0 Å². The summed E-state index contributed by atoms with van der Waals surface area (Å²) < 4.78 is 11.0. The second kappa shape index (κ2) is 4.62. The summed E-state index contributed by atoms with van der Waals surface area (Å²) in [4.78, 5) is 0. The highest BCUT2D eigenvalue weighted by Crippen LogP contribution is 2.29. The largest absolute Gasteiger partial charge is 0.463 e. The van der Waals surface area contributed by atoms with Crippen molar-refractivity contribution in [2.24, 2.45) is 0 Å². The molecule has 2 heterocycles. The molecule has 0 amide bonds. The van der Waals surface area contributed by atoms with Gasteiger partial charge >= 0.3 is 0 Å². The number of rotatable bonds is 4. The molecule has 0 aliphatic carbocycles. The molecule has 92 valence electrons. The molecular formula is C13H13N3O2. The van der Waals surface area contributed by atoms with Gasteiger partial charge in [0, 0.05) is 5.39 Å². The predicted molar refractivity (Wildman–Crippen MR) is 66.9 cm³/mol. The first-order valence-electron chi connectivity index (χ1n) is 5.88. The van der Waals surface area contributed by atoms with Gasteiger partial charge in [0.25, 0.3) is 5.89 Å². The molecule has 3 aromatic rings. The van der Waals surface area contributed by atoms with Crippen molar-refractivity contribution in [2.75, 3.05) is 6.54 Å². The molecule has 18 heavy (non-hydrogen) atoms. The van der Waals surface area contributed by atoms with Crippen molar-refractivity contribution in [3.05, 3.63) is 36.4 Å². The van der Waals surface area contributed by atoms with E-state index in [0.717, 1.165) is 23.1 Å². The lowest BCUT2D eigenvalue weighted by atomic mass is 10.2. The van der Waals surface area contributed by atoms with Crippen LogP contribution < -0.4 is 5.32 Å². The van der Waals surface area contributed by atoms with E-state index in [4.69, 9.17) is 8.83 Å². The van der Waals surface area contributed by atoms with Gasteiger partial charge < -0.3 is 14.2 Å². The maximum Gasteiger partial charge on any atom is 0.251 e. The van der Waals surface area contributed by atoms with Crippen molar-refractivity contribution >= 4 is 11.0 Å². The Bertz CT molecular complexity index is 657. The zero-order valence-corrected chi connectivity index (χ0v) is 10.0. The van der Waals surface area contributed by atoms with Crippen molar-refractivity contribution in [1.82, 2.24) is 15.5 Å². The number of aromatic nitrogens is 2. The fourth-order valence-corrected chi connectivity index (χ4v) is 1.81. The average Bonchev–Trinajstić information content (AvgIpc) is 3.02. The van der Waals surface area contributed by atoms with Crippen LogP contribution in [0.1, 0.15) is 12.8 Å². The van der Waals surface area contributed by atoms with Crippen molar-refractivity contribution in [2.45, 2.75) is 13.5 Å². The Kier molecular flexibility index (Phi) is 2.82. The fourth-order valence-electron chi connectivity index (χ4n) is 1.81. The van der Waals surface area contributed by atoms with Crippen LogP contribution >= 0.6 is 0 Å². The molecule has 0 fully saturated rings. The van der Waals surface area contributed by atoms with E-state index >= 15 is 0 Å². The quantitative estimate of drug-likeness (QED) is 0.763. The lowest BCUT2D eigenvalue weighted by molar-refractivity contribution is 0.481. The van der Waals surface area contributed by atoms with Crippen LogP contribution in [0.3, 0.4) is 0 Å². The number of para-hydroxylation sites is 1. The molecular weight excluding hydrogens is 230 g/mol. The van der Waals surface area contributed by atoms with Crippen LogP contribution in [0.15, 0.2) is 39.4 Å². The van der Waals surface area contributed by atoms with Gasteiger partial charge in [0.05, 0.1) is 12.1 Å². The normalized spacial score (nSPS) is 11.2. The number of benzene rings is 1. The number of furan rings is 1. The molecule has 0 unspecified atom stereocenters. The van der Waals surface area contributed by atoms with Gasteiger partial charge in [0.1, 0.15) is 11.8 Å². The molecule has 2 aromatic heterocycles. The monoisotopic (exact) mass is 243 g/mol. The molecule has 0 bridgehead atoms. The van der Waals surface area contributed by atoms with Crippen LogP contribution in [0.4, 0.5) is 0 Å². The Morgan fingerprint density at radius 1 is 1.22 bits per heavy atom. The van der Waals surface area contributed by atoms with Crippen LogP contribution in [0.5, 0.6) is 0 Å². The minimum absolute atomic E-state index is 0.493. The second-order valence-corrected chi connectivity index (χ2v) is 3.93. The van der Waals surface area contributed by atoms with E-state index in [0.29, 0.717) is 18.3 Å². The van der Waals surface area contributed by atoms with Gasteiger partial charge in [0.15, 0.2) is 0 Å². The van der Waals surface area contributed by atoms with Crippen LogP contribution in [-0.4, -0.2) is 16.7 Å². The lowest BCUT2D eigenvalue weighted by Gasteiger charge is -1.93. The molecule has 1 N–H and O–H groups in total. The van der Waals surface area contributed by atoms with E-state index in [-0.39, 0.29) is 0 Å². The van der Waals surface area contributed by atoms with Crippen molar-refractivity contribution < 1.29 is 8.83 Å². The highest BCUT2D eigenvalue weighted by atomic mass is 16.4. The summed E-state index contributed by atoms with van der Waals surface area (Å²) in [6.45, 7) is 3.48. The van der Waals surface area contributed by atoms with Crippen LogP contribution in [0.25, 0.3) is 22.4 Å². The van der Waals surface area contributed by atoms with Gasteiger partial charge in [-0.2, -0.15) is 0 Å². The number of nitrogens with zero attached hydrogens (tertiary/aromatic N) is 2. The minimum atomic E-state index is 0.493. The van der Waals surface area contributed by atoms with Gasteiger partial charge in [-0.3, -0.25) is 0 Å². The molecule has 0 aliphatic rings. The average molecular weight is 243 g/mol. The third-order valence-electron chi connectivity index (χ3n) is 2.70. The van der Waals surface area contributed by atoms with Gasteiger partial charge in [-0.15, -0.1) is 10.2 Å². The summed E-state index contributed by atoms with van der Waals surface area (Å²) >= 11 is 0. The summed E-state index contributed by atoms with van der Waals surface area (Å²) in [6.07, 6.45) is 1.65. The topological polar surface area (TPSA) is 64.1 Å². The van der Waals surface area contributed by atoms with Crippen LogP contribution in [0, 0.1) is 0 Å². The number of nitrogens with one attached hydrogen (secondary N) is 1. The predicted octanol–water partition coefficient (Wildman–Crippen LogP) is 2.59. The molecule has 5 nitrogen and oxygen atoms in total. The van der Waals surface area contributed by atoms with Crippen LogP contribution in [-0.2, 0) is 6.54 Å². The molecule has 0 saturated carbocycles. The number of hydrogen-bond donors (Lipinski definition) is 1. The van der Waals surface area contributed by atoms with E-state index in [2.05, 4.69) is 15.5 Å². The zero-order valence-electron chi connectivity index (χ0n) is 10.0. The SMILES string of the molecule is CCNCc1nnc(-c2coc3ccccc23)o1. The third-order valence-corrected chi connectivity index (χ3v) is 2.70. The maximum absolute atomic E-state index is 5.59. The molecule has 1 aromatic carbocycles. The first kappa shape index (κ1) is 11.0. The molecule has 3 rings (SSSR count). The van der Waals surface area contributed by atoms with Gasteiger partial charge in [0.2, 0.25) is 5.89 Å². The Labute approximate surface area is 104 Å². The fraction of sp³-hybridized carbons (Fsp3) is 0.231. The Balaban J connectivity index is 1.96. The maximum atomic E-state index is 5.59. The lowest BCUT2D eigenvalue weighted by Crippen LogP contribution is -2.11. The first-order valence-corrected chi connectivity index (χ1v) is 5.88. The summed E-state index contributed by atoms with van der Waals surface area (Å²) in [5.74, 6) is 1.07. The minimum Gasteiger partial charge on any atom is -0.463 e. The third kappa shape index (κ3) is 1.89. The van der Waals surface area contributed by atoms with Crippen molar-refractivity contribution in [1.29, 1.82) is 0 Å². The number of fused-ring (bicyclic) bond motifs is 1. The van der Waals surface area contributed by atoms with Crippen molar-refractivity contribution in [3.8, 4) is 11.5 Å². The number of hydrogen-bond acceptors (Lipinski definition) is 5. The van der Waals surface area contributed by atoms with E-state index in [1.165, 1.54) is 0 Å². The molecule has 0 radical (unpaired) electrons. The van der Waals surface area contributed by atoms with Crippen LogP contribution in [0.2, 0.25) is 0 Å². The summed E-state index contributed by atoms with van der Waals surface area (Å²) in [5.41, 5.74) is 1.65. The highest BCUT2D eigenvalue weighted by Gasteiger charge is 2.13. The second-order valence-electron chi connectivity index (χ2n) is 3.93. The van der Waals surface area contributed by atoms with Gasteiger partial charge in [-0.25, -0.2) is 0 Å². The van der Waals surface area contributed by atoms with Gasteiger partial charge in [-0.1, -0.05) is 25.1 Å². The summed E-state index contributed by atoms with van der Waals surface area (Å²) in [5, 5.41) is 12.2. The summed E-state index contributed by atoms with van der Waals surface area (Å²) in [7, 11) is 0. The molecule has 0 spiro atoms. The first-order chi connectivity index (χ1) is 8.88. The molecule has 0 aliphatic heterocycles. The van der Waals surface area contributed by atoms with Crippen molar-refractivity contribution in [3.63, 3.8) is 0 Å².